The molecule has 0 aliphatic rings. The van der Waals surface area contributed by atoms with Crippen molar-refractivity contribution in [3.05, 3.63) is 52.1 Å². The number of halogens is 1. The molecule has 0 aliphatic heterocycles. The second-order valence-electron chi connectivity index (χ2n) is 4.18. The van der Waals surface area contributed by atoms with Crippen LogP contribution in [0.25, 0.3) is 0 Å². The van der Waals surface area contributed by atoms with Crippen molar-refractivity contribution in [2.24, 2.45) is 0 Å². The molecular formula is C13H13BrN2O2S. The topological polar surface area (TPSA) is 59.1 Å². The number of nitrogens with zero attached hydrogens (tertiary/aromatic N) is 1. The maximum Gasteiger partial charge on any atom is 0.263 e. The van der Waals surface area contributed by atoms with Crippen molar-refractivity contribution < 1.29 is 8.42 Å². The van der Waals surface area contributed by atoms with Crippen LogP contribution in [0.15, 0.2) is 45.8 Å². The van der Waals surface area contributed by atoms with E-state index in [1.54, 1.807) is 37.3 Å². The van der Waals surface area contributed by atoms with Gasteiger partial charge in [0.15, 0.2) is 0 Å². The van der Waals surface area contributed by atoms with E-state index in [2.05, 4.69) is 25.6 Å². The fraction of sp³-hybridized carbons (Fsp3) is 0.154. The first-order valence-corrected chi connectivity index (χ1v) is 7.89. The normalized spacial score (nSPS) is 11.3. The van der Waals surface area contributed by atoms with Crippen molar-refractivity contribution in [1.82, 2.24) is 4.98 Å². The number of aromatic nitrogens is 1. The smallest absolute Gasteiger partial charge is 0.263 e. The van der Waals surface area contributed by atoms with E-state index < -0.39 is 10.0 Å². The SMILES string of the molecule is Cc1cccc(NS(=O)(=O)c2cc(Br)ccc2C)n1. The summed E-state index contributed by atoms with van der Waals surface area (Å²) in [5.74, 6) is 0.319. The van der Waals surface area contributed by atoms with Gasteiger partial charge in [-0.05, 0) is 43.7 Å². The predicted molar refractivity (Wildman–Crippen MR) is 78.7 cm³/mol. The summed E-state index contributed by atoms with van der Waals surface area (Å²) < 4.78 is 27.8. The maximum absolute atomic E-state index is 12.3. The zero-order chi connectivity index (χ0) is 14.0. The van der Waals surface area contributed by atoms with Crippen LogP contribution in [0.5, 0.6) is 0 Å². The molecule has 0 saturated heterocycles. The fourth-order valence-corrected chi connectivity index (χ4v) is 3.44. The molecule has 6 heteroatoms. The number of nitrogens with one attached hydrogen (secondary N) is 1. The lowest BCUT2D eigenvalue weighted by molar-refractivity contribution is 0.600. The lowest BCUT2D eigenvalue weighted by Gasteiger charge is -2.10. The number of pyridine rings is 1. The van der Waals surface area contributed by atoms with Gasteiger partial charge in [0.05, 0.1) is 4.90 Å². The van der Waals surface area contributed by atoms with E-state index in [1.165, 1.54) is 0 Å². The zero-order valence-electron chi connectivity index (χ0n) is 10.5. The van der Waals surface area contributed by atoms with E-state index >= 15 is 0 Å². The summed E-state index contributed by atoms with van der Waals surface area (Å²) in [7, 11) is -3.63. The molecule has 0 spiro atoms. The minimum atomic E-state index is -3.63. The van der Waals surface area contributed by atoms with Gasteiger partial charge in [-0.2, -0.15) is 0 Å². The molecule has 0 fully saturated rings. The Morgan fingerprint density at radius 3 is 2.58 bits per heavy atom. The van der Waals surface area contributed by atoms with Crippen molar-refractivity contribution in [2.45, 2.75) is 18.7 Å². The molecule has 0 radical (unpaired) electrons. The molecule has 19 heavy (non-hydrogen) atoms. The largest absolute Gasteiger partial charge is 0.263 e. The lowest BCUT2D eigenvalue weighted by Crippen LogP contribution is -2.15. The Morgan fingerprint density at radius 1 is 1.16 bits per heavy atom. The third kappa shape index (κ3) is 3.33. The molecule has 1 aromatic heterocycles. The van der Waals surface area contributed by atoms with Gasteiger partial charge in [-0.3, -0.25) is 4.72 Å². The minimum Gasteiger partial charge on any atom is -0.263 e. The Bertz CT molecular complexity index is 714. The van der Waals surface area contributed by atoms with Crippen LogP contribution in [0.2, 0.25) is 0 Å². The molecule has 0 aliphatic carbocycles. The van der Waals surface area contributed by atoms with Crippen molar-refractivity contribution >= 4 is 31.8 Å². The molecule has 2 aromatic rings. The van der Waals surface area contributed by atoms with Gasteiger partial charge in [-0.25, -0.2) is 13.4 Å². The summed E-state index contributed by atoms with van der Waals surface area (Å²) >= 11 is 3.28. The second kappa shape index (κ2) is 5.30. The van der Waals surface area contributed by atoms with Crippen LogP contribution in [0.1, 0.15) is 11.3 Å². The van der Waals surface area contributed by atoms with E-state index in [0.717, 1.165) is 10.2 Å². The van der Waals surface area contributed by atoms with E-state index in [4.69, 9.17) is 0 Å². The highest BCUT2D eigenvalue weighted by atomic mass is 79.9. The van der Waals surface area contributed by atoms with Crippen LogP contribution in [0.3, 0.4) is 0 Å². The molecule has 1 N–H and O–H groups in total. The highest BCUT2D eigenvalue weighted by Crippen LogP contribution is 2.22. The van der Waals surface area contributed by atoms with E-state index in [-0.39, 0.29) is 4.90 Å². The third-order valence-electron chi connectivity index (χ3n) is 2.57. The van der Waals surface area contributed by atoms with Gasteiger partial charge in [0, 0.05) is 10.2 Å². The van der Waals surface area contributed by atoms with Crippen molar-refractivity contribution in [2.75, 3.05) is 4.72 Å². The van der Waals surface area contributed by atoms with Gasteiger partial charge in [-0.15, -0.1) is 0 Å². The van der Waals surface area contributed by atoms with Gasteiger partial charge in [-0.1, -0.05) is 28.1 Å². The highest BCUT2D eigenvalue weighted by Gasteiger charge is 2.17. The van der Waals surface area contributed by atoms with E-state index in [1.807, 2.05) is 13.0 Å². The Kier molecular flexibility index (Phi) is 3.91. The first-order chi connectivity index (χ1) is 8.88. The Hall–Kier alpha value is -1.40. The second-order valence-corrected chi connectivity index (χ2v) is 6.75. The predicted octanol–water partition coefficient (Wildman–Crippen LogP) is 3.26. The third-order valence-corrected chi connectivity index (χ3v) is 4.56. The van der Waals surface area contributed by atoms with Gasteiger partial charge >= 0.3 is 0 Å². The van der Waals surface area contributed by atoms with Crippen LogP contribution in [-0.2, 0) is 10.0 Å². The Labute approximate surface area is 121 Å². The van der Waals surface area contributed by atoms with E-state index in [9.17, 15) is 8.42 Å². The highest BCUT2D eigenvalue weighted by molar-refractivity contribution is 9.10. The Balaban J connectivity index is 2.40. The average molecular weight is 341 g/mol. The molecule has 0 amide bonds. The van der Waals surface area contributed by atoms with Crippen LogP contribution in [-0.4, -0.2) is 13.4 Å². The number of aryl methyl sites for hydroxylation is 2. The summed E-state index contributed by atoms with van der Waals surface area (Å²) in [4.78, 5) is 4.37. The van der Waals surface area contributed by atoms with Gasteiger partial charge in [0.1, 0.15) is 5.82 Å². The standard InChI is InChI=1S/C13H13BrN2O2S/c1-9-6-7-11(14)8-12(9)19(17,18)16-13-5-3-4-10(2)15-13/h3-8H,1-2H3,(H,15,16). The molecule has 2 rings (SSSR count). The minimum absolute atomic E-state index is 0.241. The van der Waals surface area contributed by atoms with Crippen LogP contribution in [0, 0.1) is 13.8 Å². The monoisotopic (exact) mass is 340 g/mol. The number of hydrogen-bond donors (Lipinski definition) is 1. The summed E-state index contributed by atoms with van der Waals surface area (Å²) in [6, 6.07) is 10.3. The lowest BCUT2D eigenvalue weighted by atomic mass is 10.2. The number of rotatable bonds is 3. The molecule has 0 saturated carbocycles. The van der Waals surface area contributed by atoms with E-state index in [0.29, 0.717) is 11.4 Å². The number of benzene rings is 1. The molecular weight excluding hydrogens is 328 g/mol. The zero-order valence-corrected chi connectivity index (χ0v) is 12.9. The first-order valence-electron chi connectivity index (χ1n) is 5.61. The van der Waals surface area contributed by atoms with Crippen molar-refractivity contribution in [3.63, 3.8) is 0 Å². The maximum atomic E-state index is 12.3. The molecule has 1 aromatic carbocycles. The van der Waals surface area contributed by atoms with Crippen LogP contribution < -0.4 is 4.72 Å². The molecule has 0 unspecified atom stereocenters. The molecule has 1 heterocycles. The Morgan fingerprint density at radius 2 is 1.89 bits per heavy atom. The van der Waals surface area contributed by atoms with Crippen LogP contribution >= 0.6 is 15.9 Å². The average Bonchev–Trinajstić information content (AvgIpc) is 2.31. The first kappa shape index (κ1) is 14.0. The summed E-state index contributed by atoms with van der Waals surface area (Å²) in [6.07, 6.45) is 0. The number of hydrogen-bond acceptors (Lipinski definition) is 3. The molecule has 0 bridgehead atoms. The number of anilines is 1. The summed E-state index contributed by atoms with van der Waals surface area (Å²) in [5.41, 5.74) is 1.44. The molecule has 4 nitrogen and oxygen atoms in total. The fourth-order valence-electron chi connectivity index (χ4n) is 1.66. The summed E-state index contributed by atoms with van der Waals surface area (Å²) in [5, 5.41) is 0. The van der Waals surface area contributed by atoms with Crippen molar-refractivity contribution in [3.8, 4) is 0 Å². The molecule has 0 atom stereocenters. The summed E-state index contributed by atoms with van der Waals surface area (Å²) in [6.45, 7) is 3.56. The van der Waals surface area contributed by atoms with Gasteiger partial charge in [0.25, 0.3) is 10.0 Å². The quantitative estimate of drug-likeness (QED) is 0.932. The van der Waals surface area contributed by atoms with Gasteiger partial charge < -0.3 is 0 Å². The molecule has 100 valence electrons. The number of sulfonamides is 1. The van der Waals surface area contributed by atoms with Crippen LogP contribution in [0.4, 0.5) is 5.82 Å². The van der Waals surface area contributed by atoms with Gasteiger partial charge in [0.2, 0.25) is 0 Å². The van der Waals surface area contributed by atoms with Crippen molar-refractivity contribution in [1.29, 1.82) is 0 Å².